The predicted octanol–water partition coefficient (Wildman–Crippen LogP) is 8.53. The Morgan fingerprint density at radius 1 is 1.00 bits per heavy atom. The number of fused-ring (bicyclic) bond motifs is 6. The van der Waals surface area contributed by atoms with E-state index in [0.29, 0.717) is 11.6 Å². The maximum Gasteiger partial charge on any atom is 0.377 e. The zero-order chi connectivity index (χ0) is 25.2. The minimum atomic E-state index is -1.73. The molecule has 3 aromatic carbocycles. The molecule has 1 aliphatic rings. The molecule has 0 amide bonds. The maximum absolute atomic E-state index is 6.42. The fourth-order valence-corrected chi connectivity index (χ4v) is 7.13. The second-order valence-corrected chi connectivity index (χ2v) is 16.4. The highest BCUT2D eigenvalue weighted by atomic mass is 28.3. The highest BCUT2D eigenvalue weighted by Gasteiger charge is 2.35. The van der Waals surface area contributed by atoms with Crippen molar-refractivity contribution in [2.24, 2.45) is 5.92 Å². The maximum atomic E-state index is 6.42. The lowest BCUT2D eigenvalue weighted by Crippen LogP contribution is -2.29. The lowest BCUT2D eigenvalue weighted by molar-refractivity contribution is -0.400. The number of hydrogen-bond donors (Lipinski definition) is 0. The SMILES string of the molecule is C=[N+]1c2ccc3ccccc3c2C([Si](C)(C)C)=C[C-]1c1cc(CC(C)C)cc2c1[o+][c-]1ncccc21. The average Bonchev–Trinajstić information content (AvgIpc) is 3.21. The largest absolute Gasteiger partial charge is 0.377 e. The van der Waals surface area contributed by atoms with E-state index in [1.165, 1.54) is 27.1 Å². The summed E-state index contributed by atoms with van der Waals surface area (Å²) in [4.78, 5) is 4.52. The molecule has 5 aromatic rings. The fraction of sp³-hybridized carbons (Fsp3) is 0.219. The molecule has 2 aromatic heterocycles. The third-order valence-electron chi connectivity index (χ3n) is 7.18. The number of hydrogen-bond acceptors (Lipinski definition) is 1. The van der Waals surface area contributed by atoms with Crippen molar-refractivity contribution in [1.29, 1.82) is 0 Å². The van der Waals surface area contributed by atoms with Crippen molar-refractivity contribution in [3.05, 3.63) is 95.7 Å². The Morgan fingerprint density at radius 3 is 2.58 bits per heavy atom. The average molecular weight is 489 g/mol. The summed E-state index contributed by atoms with van der Waals surface area (Å²) in [6, 6.07) is 22.9. The first-order chi connectivity index (χ1) is 17.2. The van der Waals surface area contributed by atoms with Gasteiger partial charge < -0.3 is 0 Å². The minimum absolute atomic E-state index is 0.555. The van der Waals surface area contributed by atoms with Gasteiger partial charge in [-0.05, 0) is 52.4 Å². The number of pyridine rings is 1. The molecule has 0 bridgehead atoms. The van der Waals surface area contributed by atoms with E-state index >= 15 is 0 Å². The van der Waals surface area contributed by atoms with Crippen LogP contribution >= 0.6 is 0 Å². The third kappa shape index (κ3) is 3.59. The molecule has 0 unspecified atom stereocenters. The summed E-state index contributed by atoms with van der Waals surface area (Å²) in [5.74, 6) is 0.555. The molecule has 3 nitrogen and oxygen atoms in total. The van der Waals surface area contributed by atoms with Gasteiger partial charge in [0.25, 0.3) is 5.58 Å². The molecule has 6 rings (SSSR count). The highest BCUT2D eigenvalue weighted by molar-refractivity contribution is 6.94. The molecule has 0 N–H and O–H groups in total. The van der Waals surface area contributed by atoms with Crippen molar-refractivity contribution in [2.75, 3.05) is 0 Å². The van der Waals surface area contributed by atoms with E-state index in [2.05, 4.69) is 110 Å². The number of nitrogens with zero attached hydrogens (tertiary/aromatic N) is 2. The second kappa shape index (κ2) is 8.21. The van der Waals surface area contributed by atoms with Crippen molar-refractivity contribution in [3.63, 3.8) is 0 Å². The van der Waals surface area contributed by atoms with Crippen LogP contribution in [0.3, 0.4) is 0 Å². The molecule has 3 heterocycles. The fourth-order valence-electron chi connectivity index (χ4n) is 5.55. The lowest BCUT2D eigenvalue weighted by Gasteiger charge is -2.33. The summed E-state index contributed by atoms with van der Waals surface area (Å²) in [7, 11) is -1.73. The summed E-state index contributed by atoms with van der Waals surface area (Å²) >= 11 is 0. The molecule has 4 heteroatoms. The Hall–Kier alpha value is -3.63. The van der Waals surface area contributed by atoms with E-state index in [-0.39, 0.29) is 0 Å². The Bertz CT molecular complexity index is 1700. The van der Waals surface area contributed by atoms with Crippen LogP contribution in [0.2, 0.25) is 19.6 Å². The number of furan rings is 1. The van der Waals surface area contributed by atoms with E-state index < -0.39 is 8.07 Å². The lowest BCUT2D eigenvalue weighted by atomic mass is 9.91. The number of aromatic nitrogens is 1. The van der Waals surface area contributed by atoms with Gasteiger partial charge in [-0.3, -0.25) is 4.42 Å². The van der Waals surface area contributed by atoms with E-state index in [4.69, 9.17) is 4.42 Å². The first kappa shape index (κ1) is 22.8. The number of benzene rings is 3. The zero-order valence-electron chi connectivity index (χ0n) is 21.7. The predicted molar refractivity (Wildman–Crippen MR) is 155 cm³/mol. The van der Waals surface area contributed by atoms with Crippen LogP contribution in [0.25, 0.3) is 38.0 Å². The third-order valence-corrected chi connectivity index (χ3v) is 9.19. The van der Waals surface area contributed by atoms with E-state index in [1.54, 1.807) is 6.20 Å². The van der Waals surface area contributed by atoms with Gasteiger partial charge in [0.15, 0.2) is 11.7 Å². The van der Waals surface area contributed by atoms with Gasteiger partial charge in [-0.1, -0.05) is 86.7 Å². The van der Waals surface area contributed by atoms with Gasteiger partial charge in [-0.15, -0.1) is 12.1 Å². The second-order valence-electron chi connectivity index (χ2n) is 11.4. The summed E-state index contributed by atoms with van der Waals surface area (Å²) in [6.45, 7) is 16.4. The molecule has 36 heavy (non-hydrogen) atoms. The van der Waals surface area contributed by atoms with Crippen LogP contribution in [0, 0.1) is 12.0 Å². The van der Waals surface area contributed by atoms with Crippen molar-refractivity contribution >= 4 is 58.5 Å². The molecule has 0 radical (unpaired) electrons. The van der Waals surface area contributed by atoms with Crippen molar-refractivity contribution in [1.82, 2.24) is 4.98 Å². The summed E-state index contributed by atoms with van der Waals surface area (Å²) in [5, 5.41) is 6.19. The van der Waals surface area contributed by atoms with Crippen LogP contribution in [0.1, 0.15) is 30.5 Å². The van der Waals surface area contributed by atoms with Crippen LogP contribution in [-0.2, 0) is 6.42 Å². The van der Waals surface area contributed by atoms with Gasteiger partial charge in [-0.2, -0.15) is 0 Å². The van der Waals surface area contributed by atoms with Gasteiger partial charge in [-0.25, -0.2) is 9.56 Å². The summed E-state index contributed by atoms with van der Waals surface area (Å²) in [5.41, 5.74) is 6.45. The molecule has 0 saturated heterocycles. The summed E-state index contributed by atoms with van der Waals surface area (Å²) in [6.07, 6.45) is 5.19. The van der Waals surface area contributed by atoms with Crippen molar-refractivity contribution in [3.8, 4) is 0 Å². The minimum Gasteiger partial charge on any atom is -0.268 e. The van der Waals surface area contributed by atoms with Gasteiger partial charge in [0.2, 0.25) is 0 Å². The van der Waals surface area contributed by atoms with E-state index in [0.717, 1.165) is 40.1 Å². The van der Waals surface area contributed by atoms with E-state index in [1.807, 2.05) is 6.07 Å². The standard InChI is InChI=1S/C32H32N2OSi/c1-20(2)16-21-17-25-24-12-9-15-33-32(24)35-31(25)26(18-21)28-19-29(36(4,5)6)30-23-11-8-7-10-22(23)13-14-27(30)34(28)3/h7-15,17-20H,3,16H2,1-2,4-6H3. The van der Waals surface area contributed by atoms with Gasteiger partial charge in [0.05, 0.1) is 12.3 Å². The molecule has 0 spiro atoms. The smallest absolute Gasteiger partial charge is 0.268 e. The van der Waals surface area contributed by atoms with Gasteiger partial charge in [0, 0.05) is 13.5 Å². The first-order valence-corrected chi connectivity index (χ1v) is 16.2. The van der Waals surface area contributed by atoms with Crippen LogP contribution in [0.4, 0.5) is 5.69 Å². The van der Waals surface area contributed by atoms with Crippen LogP contribution < -0.4 is 0 Å². The van der Waals surface area contributed by atoms with Gasteiger partial charge >= 0.3 is 5.71 Å². The molecular formula is C32H32N2OSi. The van der Waals surface area contributed by atoms with Crippen LogP contribution in [-0.4, -0.2) is 24.4 Å². The Kier molecular flexibility index (Phi) is 5.20. The molecule has 180 valence electrons. The molecule has 0 aliphatic carbocycles. The molecule has 0 atom stereocenters. The zero-order valence-corrected chi connectivity index (χ0v) is 22.7. The monoisotopic (exact) mass is 488 g/mol. The Labute approximate surface area is 213 Å². The van der Waals surface area contributed by atoms with Crippen molar-refractivity contribution < 1.29 is 8.99 Å². The molecule has 0 fully saturated rings. The van der Waals surface area contributed by atoms with Crippen LogP contribution in [0.15, 0.2) is 77.4 Å². The quantitative estimate of drug-likeness (QED) is 0.110. The Balaban J connectivity index is 1.66. The number of rotatable bonds is 4. The highest BCUT2D eigenvalue weighted by Crippen LogP contribution is 2.46. The molecule has 0 saturated carbocycles. The van der Waals surface area contributed by atoms with E-state index in [9.17, 15) is 0 Å². The Morgan fingerprint density at radius 2 is 1.81 bits per heavy atom. The molecular weight excluding hydrogens is 456 g/mol. The van der Waals surface area contributed by atoms with Crippen molar-refractivity contribution in [2.45, 2.75) is 39.9 Å². The van der Waals surface area contributed by atoms with Crippen LogP contribution in [0.5, 0.6) is 0 Å². The normalized spacial score (nSPS) is 14.2. The van der Waals surface area contributed by atoms with Gasteiger partial charge in [0.1, 0.15) is 0 Å². The summed E-state index contributed by atoms with van der Waals surface area (Å²) < 4.78 is 8.53. The molecule has 1 aliphatic heterocycles. The topological polar surface area (TPSA) is 27.2 Å². The first-order valence-electron chi connectivity index (χ1n) is 12.7.